The highest BCUT2D eigenvalue weighted by molar-refractivity contribution is 7.07. The van der Waals surface area contributed by atoms with E-state index in [0.29, 0.717) is 11.3 Å². The van der Waals surface area contributed by atoms with E-state index in [2.05, 4.69) is 42.2 Å². The van der Waals surface area contributed by atoms with E-state index in [1.54, 1.807) is 23.7 Å². The Morgan fingerprint density at radius 1 is 1.42 bits per heavy atom. The van der Waals surface area contributed by atoms with Crippen LogP contribution >= 0.6 is 11.3 Å². The summed E-state index contributed by atoms with van der Waals surface area (Å²) in [6.07, 6.45) is 10.4. The quantitative estimate of drug-likeness (QED) is 0.769. The number of hydrogen-bond acceptors (Lipinski definition) is 4. The van der Waals surface area contributed by atoms with Crippen molar-refractivity contribution >= 4 is 23.2 Å². The molecule has 0 radical (unpaired) electrons. The Labute approximate surface area is 146 Å². The van der Waals surface area contributed by atoms with Crippen LogP contribution in [0.15, 0.2) is 51.6 Å². The minimum Gasteiger partial charge on any atom is -0.262 e. The lowest BCUT2D eigenvalue weighted by molar-refractivity contribution is -0.00127. The number of allylic oxidation sites excluding steroid dienone is 2. The second-order valence-corrected chi connectivity index (χ2v) is 8.12. The molecule has 2 aromatic heterocycles. The maximum atomic E-state index is 4.75. The van der Waals surface area contributed by atoms with E-state index in [0.717, 1.165) is 22.1 Å². The Kier molecular flexibility index (Phi) is 3.76. The lowest BCUT2D eigenvalue weighted by Gasteiger charge is -2.55. The summed E-state index contributed by atoms with van der Waals surface area (Å²) in [6.45, 7) is 6.84. The normalized spacial score (nSPS) is 25.6. The highest BCUT2D eigenvalue weighted by Gasteiger charge is 2.50. The van der Waals surface area contributed by atoms with Gasteiger partial charge in [-0.2, -0.15) is 5.10 Å². The Balaban J connectivity index is 1.65. The minimum absolute atomic E-state index is 0.424. The number of hydrogen-bond donors (Lipinski definition) is 0. The van der Waals surface area contributed by atoms with Crippen LogP contribution in [0.1, 0.15) is 32.4 Å². The average Bonchev–Trinajstić information content (AvgIpc) is 2.93. The van der Waals surface area contributed by atoms with Crippen LogP contribution in [0, 0.1) is 24.2 Å². The Morgan fingerprint density at radius 2 is 2.29 bits per heavy atom. The van der Waals surface area contributed by atoms with Crippen LogP contribution in [0.25, 0.3) is 0 Å². The summed E-state index contributed by atoms with van der Waals surface area (Å²) in [4.78, 5) is 9.66. The topological polar surface area (TPSA) is 42.5 Å². The largest absolute Gasteiger partial charge is 0.262 e. The highest BCUT2D eigenvalue weighted by atomic mass is 32.1. The molecule has 1 fully saturated rings. The molecule has 1 saturated carbocycles. The fraction of sp³-hybridized carbons (Fsp3) is 0.421. The summed E-state index contributed by atoms with van der Waals surface area (Å²) in [5.41, 5.74) is 3.75. The second kappa shape index (κ2) is 5.81. The first kappa shape index (κ1) is 15.5. The number of thiazole rings is 1. The molecule has 24 heavy (non-hydrogen) atoms. The molecular formula is C19H22N4S. The van der Waals surface area contributed by atoms with Crippen molar-refractivity contribution in [2.75, 3.05) is 0 Å². The zero-order chi connectivity index (χ0) is 16.7. The third kappa shape index (κ3) is 2.57. The third-order valence-electron chi connectivity index (χ3n) is 5.55. The van der Waals surface area contributed by atoms with Gasteiger partial charge in [-0.05, 0) is 54.7 Å². The van der Waals surface area contributed by atoms with Crippen molar-refractivity contribution < 1.29 is 0 Å². The maximum absolute atomic E-state index is 4.75. The van der Waals surface area contributed by atoms with Crippen molar-refractivity contribution in [3.8, 4) is 0 Å². The summed E-state index contributed by atoms with van der Waals surface area (Å²) in [5.74, 6) is 1.50. The Hall–Kier alpha value is -2.01. The van der Waals surface area contributed by atoms with E-state index in [4.69, 9.17) is 5.10 Å². The molecule has 0 aliphatic heterocycles. The van der Waals surface area contributed by atoms with Gasteiger partial charge in [0.25, 0.3) is 0 Å². The standard InChI is InChI=1S/C19H22N4S/c1-13-12-24-18(22-16-5-4-8-20-11-16)23(13)21-10-14-6-7-15-9-17(14)19(15,2)3/h4-6,8,10-12,15,17H,7,9H2,1-3H3. The molecule has 4 nitrogen and oxygen atoms in total. The molecule has 2 aromatic rings. The van der Waals surface area contributed by atoms with Gasteiger partial charge >= 0.3 is 0 Å². The molecule has 5 rings (SSSR count). The van der Waals surface area contributed by atoms with E-state index in [9.17, 15) is 0 Å². The summed E-state index contributed by atoms with van der Waals surface area (Å²) in [7, 11) is 0. The predicted molar refractivity (Wildman–Crippen MR) is 98.5 cm³/mol. The van der Waals surface area contributed by atoms with Crippen LogP contribution in [-0.4, -0.2) is 15.9 Å². The maximum Gasteiger partial charge on any atom is 0.211 e. The van der Waals surface area contributed by atoms with Crippen molar-refractivity contribution in [1.29, 1.82) is 0 Å². The van der Waals surface area contributed by atoms with E-state index in [1.165, 1.54) is 18.4 Å². The molecule has 0 N–H and O–H groups in total. The number of pyridine rings is 1. The van der Waals surface area contributed by atoms with Crippen molar-refractivity contribution in [3.05, 3.63) is 52.1 Å². The first-order valence-corrected chi connectivity index (χ1v) is 9.30. The fourth-order valence-electron chi connectivity index (χ4n) is 3.80. The molecule has 0 aromatic carbocycles. The number of nitrogens with zero attached hydrogens (tertiary/aromatic N) is 4. The van der Waals surface area contributed by atoms with Gasteiger partial charge in [0.05, 0.1) is 23.8 Å². The van der Waals surface area contributed by atoms with E-state index in [1.807, 2.05) is 23.0 Å². The monoisotopic (exact) mass is 338 g/mol. The molecule has 2 heterocycles. The molecule has 0 amide bonds. The summed E-state index contributed by atoms with van der Waals surface area (Å²) >= 11 is 1.60. The fourth-order valence-corrected chi connectivity index (χ4v) is 4.63. The van der Waals surface area contributed by atoms with Crippen molar-refractivity contribution in [1.82, 2.24) is 9.66 Å². The molecule has 2 bridgehead atoms. The van der Waals surface area contributed by atoms with Crippen molar-refractivity contribution in [3.63, 3.8) is 0 Å². The third-order valence-corrected chi connectivity index (χ3v) is 6.49. The van der Waals surface area contributed by atoms with Gasteiger partial charge in [0, 0.05) is 11.6 Å². The molecule has 0 saturated heterocycles. The van der Waals surface area contributed by atoms with Crippen molar-refractivity contribution in [2.45, 2.75) is 33.6 Å². The molecule has 2 atom stereocenters. The van der Waals surface area contributed by atoms with Gasteiger partial charge in [0.1, 0.15) is 0 Å². The zero-order valence-electron chi connectivity index (χ0n) is 14.3. The first-order chi connectivity index (χ1) is 11.6. The smallest absolute Gasteiger partial charge is 0.211 e. The van der Waals surface area contributed by atoms with Crippen LogP contribution in [0.5, 0.6) is 0 Å². The first-order valence-electron chi connectivity index (χ1n) is 8.42. The van der Waals surface area contributed by atoms with E-state index in [-0.39, 0.29) is 0 Å². The average molecular weight is 338 g/mol. The number of rotatable bonds is 3. The lowest BCUT2D eigenvalue weighted by Crippen LogP contribution is -2.48. The zero-order valence-corrected chi connectivity index (χ0v) is 15.1. The number of fused-ring (bicyclic) bond motifs is 1. The van der Waals surface area contributed by atoms with Gasteiger partial charge in [0.2, 0.25) is 4.80 Å². The van der Waals surface area contributed by atoms with Gasteiger partial charge in [-0.15, -0.1) is 11.3 Å². The predicted octanol–water partition coefficient (Wildman–Crippen LogP) is 4.31. The van der Waals surface area contributed by atoms with Gasteiger partial charge in [0.15, 0.2) is 0 Å². The van der Waals surface area contributed by atoms with Gasteiger partial charge in [-0.25, -0.2) is 9.67 Å². The summed E-state index contributed by atoms with van der Waals surface area (Å²) in [5, 5.41) is 6.83. The van der Waals surface area contributed by atoms with Crippen molar-refractivity contribution in [2.24, 2.45) is 27.3 Å². The van der Waals surface area contributed by atoms with Crippen LogP contribution < -0.4 is 4.80 Å². The SMILES string of the molecule is Cc1csc(=Nc2cccnc2)n1N=CC1=CCC2CC1C2(C)C. The minimum atomic E-state index is 0.424. The van der Waals surface area contributed by atoms with Crippen LogP contribution in [0.4, 0.5) is 5.69 Å². The molecule has 3 aliphatic rings. The molecule has 124 valence electrons. The molecule has 2 unspecified atom stereocenters. The molecule has 5 heteroatoms. The van der Waals surface area contributed by atoms with Crippen LogP contribution in [0.2, 0.25) is 0 Å². The van der Waals surface area contributed by atoms with Gasteiger partial charge in [-0.1, -0.05) is 19.9 Å². The Morgan fingerprint density at radius 3 is 3.00 bits per heavy atom. The van der Waals surface area contributed by atoms with Gasteiger partial charge < -0.3 is 0 Å². The summed E-state index contributed by atoms with van der Waals surface area (Å²) in [6, 6.07) is 3.85. The second-order valence-electron chi connectivity index (χ2n) is 7.29. The lowest BCUT2D eigenvalue weighted by atomic mass is 9.49. The van der Waals surface area contributed by atoms with Crippen LogP contribution in [-0.2, 0) is 0 Å². The van der Waals surface area contributed by atoms with E-state index >= 15 is 0 Å². The number of aryl methyl sites for hydroxylation is 1. The van der Waals surface area contributed by atoms with E-state index < -0.39 is 0 Å². The Bertz CT molecular complexity index is 870. The molecular weight excluding hydrogens is 316 g/mol. The van der Waals surface area contributed by atoms with Gasteiger partial charge in [-0.3, -0.25) is 4.98 Å². The highest BCUT2D eigenvalue weighted by Crippen LogP contribution is 2.58. The van der Waals surface area contributed by atoms with Crippen LogP contribution in [0.3, 0.4) is 0 Å². The molecule has 0 spiro atoms. The number of aromatic nitrogens is 2. The summed E-state index contributed by atoms with van der Waals surface area (Å²) < 4.78 is 1.93. The molecule has 3 aliphatic carbocycles.